The second kappa shape index (κ2) is 7.87. The number of carbonyl (C=O) groups is 1. The van der Waals surface area contributed by atoms with Gasteiger partial charge in [0.05, 0.1) is 12.6 Å². The van der Waals surface area contributed by atoms with Gasteiger partial charge >= 0.3 is 0 Å². The molecule has 1 fully saturated rings. The molecule has 110 valence electrons. The van der Waals surface area contributed by atoms with Crippen LogP contribution in [0, 0.1) is 0 Å². The first-order valence-corrected chi connectivity index (χ1v) is 7.01. The first-order chi connectivity index (χ1) is 9.79. The van der Waals surface area contributed by atoms with Gasteiger partial charge in [-0.1, -0.05) is 12.1 Å². The minimum atomic E-state index is -0.0216. The van der Waals surface area contributed by atoms with E-state index in [4.69, 9.17) is 9.47 Å². The van der Waals surface area contributed by atoms with Gasteiger partial charge in [-0.3, -0.25) is 4.79 Å². The fourth-order valence-corrected chi connectivity index (χ4v) is 2.17. The Hall–Kier alpha value is -1.59. The molecule has 2 N–H and O–H groups in total. The molecule has 1 heterocycles. The Morgan fingerprint density at radius 2 is 2.15 bits per heavy atom. The predicted octanol–water partition coefficient (Wildman–Crippen LogP) is 1.08. The molecule has 1 aromatic carbocycles. The standard InChI is InChI=1S/C15H22N2O3/c1-19-9-10-20-13-6-4-12(5-7-13)11-17-15(18)14-3-2-8-16-14/h4-7,14,16H,2-3,8-11H2,1H3,(H,17,18). The number of hydrogen-bond acceptors (Lipinski definition) is 4. The van der Waals surface area contributed by atoms with Gasteiger partial charge in [-0.25, -0.2) is 0 Å². The van der Waals surface area contributed by atoms with Gasteiger partial charge in [0, 0.05) is 13.7 Å². The van der Waals surface area contributed by atoms with Crippen LogP contribution in [0.4, 0.5) is 0 Å². The van der Waals surface area contributed by atoms with E-state index in [1.54, 1.807) is 7.11 Å². The van der Waals surface area contributed by atoms with Crippen LogP contribution in [0.25, 0.3) is 0 Å². The molecule has 1 unspecified atom stereocenters. The van der Waals surface area contributed by atoms with E-state index in [9.17, 15) is 4.79 Å². The van der Waals surface area contributed by atoms with Crippen LogP contribution in [0.5, 0.6) is 5.75 Å². The number of methoxy groups -OCH3 is 1. The average molecular weight is 278 g/mol. The Balaban J connectivity index is 1.74. The first kappa shape index (κ1) is 14.8. The van der Waals surface area contributed by atoms with Gasteiger partial charge in [-0.15, -0.1) is 0 Å². The minimum absolute atomic E-state index is 0.0216. The molecule has 1 aliphatic rings. The summed E-state index contributed by atoms with van der Waals surface area (Å²) in [4.78, 5) is 11.8. The number of amides is 1. The maximum atomic E-state index is 11.8. The lowest BCUT2D eigenvalue weighted by Gasteiger charge is -2.11. The fourth-order valence-electron chi connectivity index (χ4n) is 2.17. The molecule has 1 aromatic rings. The van der Waals surface area contributed by atoms with Gasteiger partial charge in [-0.2, -0.15) is 0 Å². The zero-order chi connectivity index (χ0) is 14.2. The summed E-state index contributed by atoms with van der Waals surface area (Å²) < 4.78 is 10.4. The third-order valence-corrected chi connectivity index (χ3v) is 3.32. The molecular weight excluding hydrogens is 256 g/mol. The number of hydrogen-bond donors (Lipinski definition) is 2. The molecule has 0 aliphatic carbocycles. The highest BCUT2D eigenvalue weighted by Gasteiger charge is 2.21. The number of benzene rings is 1. The van der Waals surface area contributed by atoms with E-state index in [0.717, 1.165) is 30.7 Å². The molecule has 20 heavy (non-hydrogen) atoms. The summed E-state index contributed by atoms with van der Waals surface area (Å²) >= 11 is 0. The van der Waals surface area contributed by atoms with Crippen LogP contribution in [0.1, 0.15) is 18.4 Å². The molecule has 5 nitrogen and oxygen atoms in total. The molecule has 1 aliphatic heterocycles. The molecule has 0 aromatic heterocycles. The molecule has 2 rings (SSSR count). The molecule has 1 amide bonds. The van der Waals surface area contributed by atoms with Crippen molar-refractivity contribution in [1.82, 2.24) is 10.6 Å². The first-order valence-electron chi connectivity index (χ1n) is 7.01. The lowest BCUT2D eigenvalue weighted by Crippen LogP contribution is -2.39. The van der Waals surface area contributed by atoms with Gasteiger partial charge in [0.15, 0.2) is 0 Å². The molecule has 0 bridgehead atoms. The van der Waals surface area contributed by atoms with E-state index in [0.29, 0.717) is 19.8 Å². The maximum absolute atomic E-state index is 11.8. The maximum Gasteiger partial charge on any atom is 0.237 e. The predicted molar refractivity (Wildman–Crippen MR) is 76.7 cm³/mol. The molecule has 0 saturated carbocycles. The summed E-state index contributed by atoms with van der Waals surface area (Å²) in [5.74, 6) is 0.900. The zero-order valence-corrected chi connectivity index (χ0v) is 11.9. The zero-order valence-electron chi connectivity index (χ0n) is 11.9. The highest BCUT2D eigenvalue weighted by molar-refractivity contribution is 5.81. The van der Waals surface area contributed by atoms with Gasteiger partial charge in [-0.05, 0) is 37.1 Å². The number of nitrogens with one attached hydrogen (secondary N) is 2. The Kier molecular flexibility index (Phi) is 5.83. The van der Waals surface area contributed by atoms with E-state index in [2.05, 4.69) is 10.6 Å². The summed E-state index contributed by atoms with van der Waals surface area (Å²) in [6.45, 7) is 2.60. The average Bonchev–Trinajstić information content (AvgIpc) is 3.01. The lowest BCUT2D eigenvalue weighted by atomic mass is 10.2. The van der Waals surface area contributed by atoms with Gasteiger partial charge in [0.25, 0.3) is 0 Å². The van der Waals surface area contributed by atoms with E-state index in [1.807, 2.05) is 24.3 Å². The quantitative estimate of drug-likeness (QED) is 0.733. The third-order valence-electron chi connectivity index (χ3n) is 3.32. The van der Waals surface area contributed by atoms with Crippen molar-refractivity contribution in [2.45, 2.75) is 25.4 Å². The summed E-state index contributed by atoms with van der Waals surface area (Å²) in [5, 5.41) is 6.14. The van der Waals surface area contributed by atoms with E-state index in [1.165, 1.54) is 0 Å². The van der Waals surface area contributed by atoms with Crippen molar-refractivity contribution in [3.05, 3.63) is 29.8 Å². The van der Waals surface area contributed by atoms with Crippen molar-refractivity contribution in [2.75, 3.05) is 26.9 Å². The van der Waals surface area contributed by atoms with Crippen LogP contribution in [0.3, 0.4) is 0 Å². The van der Waals surface area contributed by atoms with Crippen molar-refractivity contribution in [3.8, 4) is 5.75 Å². The van der Waals surface area contributed by atoms with Crippen LogP contribution in [-0.2, 0) is 16.1 Å². The number of rotatable bonds is 7. The topological polar surface area (TPSA) is 59.6 Å². The van der Waals surface area contributed by atoms with Crippen molar-refractivity contribution >= 4 is 5.91 Å². The van der Waals surface area contributed by atoms with Crippen molar-refractivity contribution in [1.29, 1.82) is 0 Å². The number of ether oxygens (including phenoxy) is 2. The van der Waals surface area contributed by atoms with Crippen molar-refractivity contribution in [2.24, 2.45) is 0 Å². The fraction of sp³-hybridized carbons (Fsp3) is 0.533. The number of carbonyl (C=O) groups excluding carboxylic acids is 1. The second-order valence-corrected chi connectivity index (χ2v) is 4.85. The highest BCUT2D eigenvalue weighted by Crippen LogP contribution is 2.12. The Morgan fingerprint density at radius 3 is 2.80 bits per heavy atom. The molecule has 0 spiro atoms. The summed E-state index contributed by atoms with van der Waals surface area (Å²) in [6.07, 6.45) is 2.00. The molecule has 5 heteroatoms. The second-order valence-electron chi connectivity index (χ2n) is 4.85. The van der Waals surface area contributed by atoms with Crippen LogP contribution < -0.4 is 15.4 Å². The van der Waals surface area contributed by atoms with Crippen LogP contribution in [0.15, 0.2) is 24.3 Å². The highest BCUT2D eigenvalue weighted by atomic mass is 16.5. The Labute approximate surface area is 119 Å². The summed E-state index contributed by atoms with van der Waals surface area (Å²) in [6, 6.07) is 7.72. The lowest BCUT2D eigenvalue weighted by molar-refractivity contribution is -0.122. The monoisotopic (exact) mass is 278 g/mol. The molecule has 1 atom stereocenters. The molecule has 0 radical (unpaired) electrons. The van der Waals surface area contributed by atoms with Crippen molar-refractivity contribution in [3.63, 3.8) is 0 Å². The van der Waals surface area contributed by atoms with Crippen LogP contribution in [-0.4, -0.2) is 38.8 Å². The molecule has 1 saturated heterocycles. The van der Waals surface area contributed by atoms with Gasteiger partial charge < -0.3 is 20.1 Å². The van der Waals surface area contributed by atoms with E-state index in [-0.39, 0.29) is 11.9 Å². The SMILES string of the molecule is COCCOc1ccc(CNC(=O)C2CCCN2)cc1. The third kappa shape index (κ3) is 4.51. The largest absolute Gasteiger partial charge is 0.491 e. The molecular formula is C15H22N2O3. The Bertz CT molecular complexity index is 414. The smallest absolute Gasteiger partial charge is 0.237 e. The normalized spacial score (nSPS) is 17.9. The Morgan fingerprint density at radius 1 is 1.35 bits per heavy atom. The summed E-state index contributed by atoms with van der Waals surface area (Å²) in [5.41, 5.74) is 1.07. The van der Waals surface area contributed by atoms with Gasteiger partial charge in [0.2, 0.25) is 5.91 Å². The van der Waals surface area contributed by atoms with Crippen molar-refractivity contribution < 1.29 is 14.3 Å². The summed E-state index contributed by atoms with van der Waals surface area (Å²) in [7, 11) is 1.65. The van der Waals surface area contributed by atoms with Gasteiger partial charge in [0.1, 0.15) is 12.4 Å². The van der Waals surface area contributed by atoms with Crippen LogP contribution in [0.2, 0.25) is 0 Å². The van der Waals surface area contributed by atoms with E-state index >= 15 is 0 Å². The van der Waals surface area contributed by atoms with Crippen LogP contribution >= 0.6 is 0 Å². The van der Waals surface area contributed by atoms with E-state index < -0.39 is 0 Å². The minimum Gasteiger partial charge on any atom is -0.491 e.